The van der Waals surface area contributed by atoms with E-state index in [9.17, 15) is 0 Å². The summed E-state index contributed by atoms with van der Waals surface area (Å²) in [5.74, 6) is 0. The summed E-state index contributed by atoms with van der Waals surface area (Å²) < 4.78 is 0. The van der Waals surface area contributed by atoms with E-state index in [1.807, 2.05) is 0 Å². The summed E-state index contributed by atoms with van der Waals surface area (Å²) in [6.07, 6.45) is 1.19. The SMILES string of the molecule is Cc1ccc(N2CCNC(C)(C)CC2)cc1C. The summed E-state index contributed by atoms with van der Waals surface area (Å²) in [5.41, 5.74) is 4.41. The van der Waals surface area contributed by atoms with Crippen LogP contribution in [0.15, 0.2) is 18.2 Å². The van der Waals surface area contributed by atoms with Crippen molar-refractivity contribution in [3.05, 3.63) is 29.3 Å². The van der Waals surface area contributed by atoms with E-state index < -0.39 is 0 Å². The zero-order chi connectivity index (χ0) is 12.5. The second-order valence-electron chi connectivity index (χ2n) is 5.82. The van der Waals surface area contributed by atoms with Crippen molar-refractivity contribution in [3.63, 3.8) is 0 Å². The van der Waals surface area contributed by atoms with E-state index in [2.05, 4.69) is 56.1 Å². The molecule has 1 N–H and O–H groups in total. The number of anilines is 1. The maximum absolute atomic E-state index is 3.60. The molecule has 2 nitrogen and oxygen atoms in total. The normalized spacial score (nSPS) is 20.1. The van der Waals surface area contributed by atoms with Gasteiger partial charge in [-0.15, -0.1) is 0 Å². The fourth-order valence-corrected chi connectivity index (χ4v) is 2.32. The van der Waals surface area contributed by atoms with Crippen LogP contribution < -0.4 is 10.2 Å². The minimum Gasteiger partial charge on any atom is -0.370 e. The van der Waals surface area contributed by atoms with Crippen molar-refractivity contribution >= 4 is 5.69 Å². The Labute approximate surface area is 105 Å². The summed E-state index contributed by atoms with van der Waals surface area (Å²) in [4.78, 5) is 2.49. The Hall–Kier alpha value is -1.02. The van der Waals surface area contributed by atoms with E-state index in [1.165, 1.54) is 23.2 Å². The summed E-state index contributed by atoms with van der Waals surface area (Å²) >= 11 is 0. The molecule has 1 aromatic carbocycles. The van der Waals surface area contributed by atoms with E-state index >= 15 is 0 Å². The van der Waals surface area contributed by atoms with Crippen molar-refractivity contribution in [3.8, 4) is 0 Å². The van der Waals surface area contributed by atoms with Gasteiger partial charge in [-0.05, 0) is 57.4 Å². The fourth-order valence-electron chi connectivity index (χ4n) is 2.32. The first-order valence-corrected chi connectivity index (χ1v) is 6.55. The molecular formula is C15H24N2. The number of nitrogens with one attached hydrogen (secondary N) is 1. The van der Waals surface area contributed by atoms with Crippen LogP contribution >= 0.6 is 0 Å². The van der Waals surface area contributed by atoms with Gasteiger partial charge in [-0.1, -0.05) is 6.07 Å². The number of hydrogen-bond donors (Lipinski definition) is 1. The van der Waals surface area contributed by atoms with Crippen LogP contribution in [0.2, 0.25) is 0 Å². The van der Waals surface area contributed by atoms with E-state index in [-0.39, 0.29) is 5.54 Å². The molecule has 94 valence electrons. The Morgan fingerprint density at radius 1 is 1.12 bits per heavy atom. The zero-order valence-corrected chi connectivity index (χ0v) is 11.5. The number of hydrogen-bond acceptors (Lipinski definition) is 2. The van der Waals surface area contributed by atoms with Gasteiger partial charge in [0, 0.05) is 30.9 Å². The number of benzene rings is 1. The van der Waals surface area contributed by atoms with Crippen LogP contribution in [-0.4, -0.2) is 25.2 Å². The summed E-state index contributed by atoms with van der Waals surface area (Å²) in [6.45, 7) is 12.3. The van der Waals surface area contributed by atoms with Crippen LogP contribution in [-0.2, 0) is 0 Å². The Bertz CT molecular complexity index is 396. The third kappa shape index (κ3) is 3.01. The third-order valence-corrected chi connectivity index (χ3v) is 3.85. The monoisotopic (exact) mass is 232 g/mol. The van der Waals surface area contributed by atoms with Crippen molar-refractivity contribution in [2.75, 3.05) is 24.5 Å². The lowest BCUT2D eigenvalue weighted by Crippen LogP contribution is -2.39. The first-order valence-electron chi connectivity index (χ1n) is 6.55. The highest BCUT2D eigenvalue weighted by atomic mass is 15.2. The minimum atomic E-state index is 0.272. The van der Waals surface area contributed by atoms with E-state index in [1.54, 1.807) is 0 Å². The third-order valence-electron chi connectivity index (χ3n) is 3.85. The second-order valence-corrected chi connectivity index (χ2v) is 5.82. The largest absolute Gasteiger partial charge is 0.370 e. The smallest absolute Gasteiger partial charge is 0.0369 e. The maximum Gasteiger partial charge on any atom is 0.0369 e. The van der Waals surface area contributed by atoms with Gasteiger partial charge in [0.15, 0.2) is 0 Å². The van der Waals surface area contributed by atoms with Crippen LogP contribution in [0.5, 0.6) is 0 Å². The first-order chi connectivity index (χ1) is 7.98. The van der Waals surface area contributed by atoms with Gasteiger partial charge in [-0.25, -0.2) is 0 Å². The van der Waals surface area contributed by atoms with Gasteiger partial charge in [0.05, 0.1) is 0 Å². The van der Waals surface area contributed by atoms with Crippen molar-refractivity contribution in [2.45, 2.75) is 39.7 Å². The first kappa shape index (κ1) is 12.4. The molecule has 17 heavy (non-hydrogen) atoms. The number of nitrogens with zero attached hydrogens (tertiary/aromatic N) is 1. The Morgan fingerprint density at radius 3 is 2.59 bits per heavy atom. The Morgan fingerprint density at radius 2 is 1.88 bits per heavy atom. The molecule has 1 aromatic rings. The van der Waals surface area contributed by atoms with Crippen molar-refractivity contribution in [1.29, 1.82) is 0 Å². The molecule has 0 saturated carbocycles. The van der Waals surface area contributed by atoms with E-state index in [0.29, 0.717) is 0 Å². The quantitative estimate of drug-likeness (QED) is 0.801. The van der Waals surface area contributed by atoms with Gasteiger partial charge < -0.3 is 10.2 Å². The molecule has 0 amide bonds. The molecule has 0 spiro atoms. The van der Waals surface area contributed by atoms with Crippen molar-refractivity contribution in [2.24, 2.45) is 0 Å². The molecule has 2 rings (SSSR count). The average Bonchev–Trinajstić information content (AvgIpc) is 2.44. The maximum atomic E-state index is 3.60. The molecule has 1 saturated heterocycles. The van der Waals surface area contributed by atoms with Crippen LogP contribution in [0.4, 0.5) is 5.69 Å². The van der Waals surface area contributed by atoms with Gasteiger partial charge >= 0.3 is 0 Å². The van der Waals surface area contributed by atoms with Crippen LogP contribution in [0.25, 0.3) is 0 Å². The summed E-state index contributed by atoms with van der Waals surface area (Å²) in [5, 5.41) is 3.60. The van der Waals surface area contributed by atoms with Crippen LogP contribution in [0.3, 0.4) is 0 Å². The number of rotatable bonds is 1. The van der Waals surface area contributed by atoms with Gasteiger partial charge in [0.25, 0.3) is 0 Å². The molecule has 1 heterocycles. The Balaban J connectivity index is 2.14. The lowest BCUT2D eigenvalue weighted by molar-refractivity contribution is 0.394. The molecule has 2 heteroatoms. The molecule has 0 radical (unpaired) electrons. The lowest BCUT2D eigenvalue weighted by Gasteiger charge is -2.25. The molecule has 1 aliphatic heterocycles. The topological polar surface area (TPSA) is 15.3 Å². The van der Waals surface area contributed by atoms with Crippen LogP contribution in [0, 0.1) is 13.8 Å². The predicted octanol–water partition coefficient (Wildman–Crippen LogP) is 2.88. The average molecular weight is 232 g/mol. The summed E-state index contributed by atoms with van der Waals surface area (Å²) in [7, 11) is 0. The highest BCUT2D eigenvalue weighted by molar-refractivity contribution is 5.50. The van der Waals surface area contributed by atoms with Crippen molar-refractivity contribution in [1.82, 2.24) is 5.32 Å². The zero-order valence-electron chi connectivity index (χ0n) is 11.5. The van der Waals surface area contributed by atoms with E-state index in [0.717, 1.165) is 19.6 Å². The molecule has 0 aliphatic carbocycles. The minimum absolute atomic E-state index is 0.272. The molecule has 0 unspecified atom stereocenters. The Kier molecular flexibility index (Phi) is 3.43. The second kappa shape index (κ2) is 4.69. The molecule has 0 aromatic heterocycles. The van der Waals surface area contributed by atoms with Gasteiger partial charge in [-0.3, -0.25) is 0 Å². The van der Waals surface area contributed by atoms with Crippen LogP contribution in [0.1, 0.15) is 31.4 Å². The van der Waals surface area contributed by atoms with E-state index in [4.69, 9.17) is 0 Å². The molecule has 0 bridgehead atoms. The van der Waals surface area contributed by atoms with Gasteiger partial charge in [-0.2, -0.15) is 0 Å². The number of aryl methyl sites for hydroxylation is 2. The highest BCUT2D eigenvalue weighted by Crippen LogP contribution is 2.22. The highest BCUT2D eigenvalue weighted by Gasteiger charge is 2.22. The molecule has 1 aliphatic rings. The standard InChI is InChI=1S/C15H24N2/c1-12-5-6-14(11-13(12)2)17-9-7-15(3,4)16-8-10-17/h5-6,11,16H,7-10H2,1-4H3. The predicted molar refractivity (Wildman–Crippen MR) is 74.8 cm³/mol. The van der Waals surface area contributed by atoms with Crippen molar-refractivity contribution < 1.29 is 0 Å². The summed E-state index contributed by atoms with van der Waals surface area (Å²) in [6, 6.07) is 6.79. The molecule has 1 fully saturated rings. The fraction of sp³-hybridized carbons (Fsp3) is 0.600. The molecular weight excluding hydrogens is 208 g/mol. The van der Waals surface area contributed by atoms with Gasteiger partial charge in [0.2, 0.25) is 0 Å². The lowest BCUT2D eigenvalue weighted by atomic mass is 10.0. The molecule has 0 atom stereocenters. The van der Waals surface area contributed by atoms with Gasteiger partial charge in [0.1, 0.15) is 0 Å².